The van der Waals surface area contributed by atoms with Gasteiger partial charge in [-0.1, -0.05) is 11.6 Å². The van der Waals surface area contributed by atoms with E-state index in [9.17, 15) is 22.8 Å². The van der Waals surface area contributed by atoms with Crippen molar-refractivity contribution in [2.24, 2.45) is 5.84 Å². The molecule has 1 aromatic heterocycles. The Hall–Kier alpha value is -2.59. The third kappa shape index (κ3) is 4.77. The molecule has 0 aliphatic carbocycles. The summed E-state index contributed by atoms with van der Waals surface area (Å²) in [5.74, 6) is 3.85. The fourth-order valence-corrected chi connectivity index (χ4v) is 2.80. The van der Waals surface area contributed by atoms with E-state index in [1.54, 1.807) is 13.8 Å². The van der Waals surface area contributed by atoms with Crippen molar-refractivity contribution in [2.75, 3.05) is 5.32 Å². The topological polar surface area (TPSA) is 102 Å². The van der Waals surface area contributed by atoms with Crippen LogP contribution in [0.3, 0.4) is 0 Å². The Kier molecular flexibility index (Phi) is 6.11. The van der Waals surface area contributed by atoms with Crippen molar-refractivity contribution < 1.29 is 22.8 Å². The number of hydrazine groups is 1. The zero-order valence-corrected chi connectivity index (χ0v) is 15.2. The molecular weight excluding hydrogens is 387 g/mol. The smallest absolute Gasteiger partial charge is 0.325 e. The molecule has 1 aromatic carbocycles. The molecule has 0 unspecified atom stereocenters. The Morgan fingerprint density at radius 3 is 2.52 bits per heavy atom. The largest absolute Gasteiger partial charge is 0.435 e. The summed E-state index contributed by atoms with van der Waals surface area (Å²) in [6.07, 6.45) is -4.96. The van der Waals surface area contributed by atoms with Crippen molar-refractivity contribution >= 4 is 29.1 Å². The van der Waals surface area contributed by atoms with Gasteiger partial charge in [0.2, 0.25) is 5.91 Å². The number of carbonyl (C=O) groups excluding carboxylic acids is 2. The van der Waals surface area contributed by atoms with Crippen LogP contribution in [0.15, 0.2) is 18.2 Å². The fraction of sp³-hybridized carbons (Fsp3) is 0.312. The minimum atomic E-state index is -4.61. The SMILES string of the molecule is CCn1nc(C(F)(F)F)cc1CC(=O)Nc1c(C)cc(Cl)cc1C(=O)NN. The number of hydrogen-bond acceptors (Lipinski definition) is 4. The number of aryl methyl sites for hydroxylation is 2. The lowest BCUT2D eigenvalue weighted by atomic mass is 10.1. The number of benzene rings is 1. The van der Waals surface area contributed by atoms with Crippen LogP contribution in [-0.2, 0) is 23.9 Å². The first kappa shape index (κ1) is 20.7. The molecule has 4 N–H and O–H groups in total. The molecule has 2 aromatic rings. The summed E-state index contributed by atoms with van der Waals surface area (Å²) >= 11 is 5.92. The minimum absolute atomic E-state index is 0.0378. The van der Waals surface area contributed by atoms with E-state index in [-0.39, 0.29) is 34.9 Å². The molecule has 2 amide bonds. The van der Waals surface area contributed by atoms with Crippen LogP contribution in [0.4, 0.5) is 18.9 Å². The van der Waals surface area contributed by atoms with Gasteiger partial charge < -0.3 is 5.32 Å². The predicted octanol–water partition coefficient (Wildman–Crippen LogP) is 2.67. The minimum Gasteiger partial charge on any atom is -0.325 e. The summed E-state index contributed by atoms with van der Waals surface area (Å²) < 4.78 is 39.6. The summed E-state index contributed by atoms with van der Waals surface area (Å²) in [6.45, 7) is 3.40. The molecule has 0 bridgehead atoms. The number of carbonyl (C=O) groups is 2. The molecule has 0 spiro atoms. The Morgan fingerprint density at radius 1 is 1.30 bits per heavy atom. The van der Waals surface area contributed by atoms with Crippen molar-refractivity contribution in [3.05, 3.63) is 45.7 Å². The first-order valence-corrected chi connectivity index (χ1v) is 8.19. The van der Waals surface area contributed by atoms with Crippen LogP contribution in [-0.4, -0.2) is 21.6 Å². The number of nitrogen functional groups attached to an aromatic ring is 1. The molecule has 1 heterocycles. The highest BCUT2D eigenvalue weighted by Gasteiger charge is 2.35. The van der Waals surface area contributed by atoms with Crippen molar-refractivity contribution in [1.29, 1.82) is 0 Å². The second-order valence-electron chi connectivity index (χ2n) is 5.68. The van der Waals surface area contributed by atoms with Crippen LogP contribution in [0.1, 0.15) is 34.2 Å². The van der Waals surface area contributed by atoms with Gasteiger partial charge in [-0.15, -0.1) is 0 Å². The average molecular weight is 404 g/mol. The molecule has 2 rings (SSSR count). The summed E-state index contributed by atoms with van der Waals surface area (Å²) in [4.78, 5) is 24.3. The van der Waals surface area contributed by atoms with E-state index in [0.29, 0.717) is 5.56 Å². The second kappa shape index (κ2) is 7.97. The maximum absolute atomic E-state index is 12.8. The highest BCUT2D eigenvalue weighted by molar-refractivity contribution is 6.31. The normalized spacial score (nSPS) is 11.4. The number of nitrogens with one attached hydrogen (secondary N) is 2. The van der Waals surface area contributed by atoms with Gasteiger partial charge in [-0.05, 0) is 37.6 Å². The van der Waals surface area contributed by atoms with Crippen LogP contribution >= 0.6 is 11.6 Å². The van der Waals surface area contributed by atoms with Gasteiger partial charge in [-0.25, -0.2) is 5.84 Å². The monoisotopic (exact) mass is 403 g/mol. The number of anilines is 1. The van der Waals surface area contributed by atoms with Gasteiger partial charge in [0.25, 0.3) is 5.91 Å². The van der Waals surface area contributed by atoms with E-state index in [1.165, 1.54) is 12.1 Å². The number of hydrogen-bond donors (Lipinski definition) is 3. The number of nitrogens with zero attached hydrogens (tertiary/aromatic N) is 2. The zero-order valence-electron chi connectivity index (χ0n) is 14.4. The van der Waals surface area contributed by atoms with Gasteiger partial charge in [-0.3, -0.25) is 19.7 Å². The van der Waals surface area contributed by atoms with Gasteiger partial charge in [0.15, 0.2) is 5.69 Å². The molecule has 0 saturated heterocycles. The van der Waals surface area contributed by atoms with Crippen LogP contribution in [0.25, 0.3) is 0 Å². The number of rotatable bonds is 5. The standard InChI is InChI=1S/C16H17ClF3N5O2/c1-3-25-10(6-12(24-25)16(18,19)20)7-13(26)22-14-8(2)4-9(17)5-11(14)15(27)23-21/h4-6H,3,7,21H2,1-2H3,(H,22,26)(H,23,27). The molecule has 7 nitrogen and oxygen atoms in total. The Bertz CT molecular complexity index is 880. The number of aromatic nitrogens is 2. The molecule has 0 saturated carbocycles. The van der Waals surface area contributed by atoms with Gasteiger partial charge in [-0.2, -0.15) is 18.3 Å². The molecule has 0 aliphatic rings. The number of nitrogens with two attached hydrogens (primary N) is 1. The molecule has 146 valence electrons. The first-order chi connectivity index (χ1) is 12.6. The van der Waals surface area contributed by atoms with E-state index in [0.717, 1.165) is 10.7 Å². The van der Waals surface area contributed by atoms with E-state index < -0.39 is 23.7 Å². The number of amides is 2. The van der Waals surface area contributed by atoms with Gasteiger partial charge >= 0.3 is 6.18 Å². The lowest BCUT2D eigenvalue weighted by Gasteiger charge is -2.14. The van der Waals surface area contributed by atoms with Gasteiger partial charge in [0, 0.05) is 17.3 Å². The average Bonchev–Trinajstić information content (AvgIpc) is 2.99. The quantitative estimate of drug-likeness (QED) is 0.406. The van der Waals surface area contributed by atoms with E-state index in [2.05, 4.69) is 10.4 Å². The third-order valence-electron chi connectivity index (χ3n) is 3.74. The lowest BCUT2D eigenvalue weighted by Crippen LogP contribution is -2.31. The Balaban J connectivity index is 2.29. The van der Waals surface area contributed by atoms with Crippen LogP contribution in [0, 0.1) is 6.92 Å². The summed E-state index contributed by atoms with van der Waals surface area (Å²) in [5.41, 5.74) is 1.68. The number of alkyl halides is 3. The zero-order chi connectivity index (χ0) is 20.4. The molecular formula is C16H17ClF3N5O2. The van der Waals surface area contributed by atoms with E-state index >= 15 is 0 Å². The number of halogens is 4. The summed E-state index contributed by atoms with van der Waals surface area (Å²) in [7, 11) is 0. The van der Waals surface area contributed by atoms with Crippen molar-refractivity contribution in [3.63, 3.8) is 0 Å². The fourth-order valence-electron chi connectivity index (χ4n) is 2.52. The molecule has 0 atom stereocenters. The maximum atomic E-state index is 12.8. The molecule has 0 aliphatic heterocycles. The molecule has 27 heavy (non-hydrogen) atoms. The van der Waals surface area contributed by atoms with Gasteiger partial charge in [0.05, 0.1) is 17.7 Å². The summed E-state index contributed by atoms with van der Waals surface area (Å²) in [6, 6.07) is 3.68. The Labute approximate surface area is 157 Å². The van der Waals surface area contributed by atoms with Crippen molar-refractivity contribution in [2.45, 2.75) is 33.0 Å². The van der Waals surface area contributed by atoms with E-state index in [1.807, 2.05) is 5.43 Å². The highest BCUT2D eigenvalue weighted by atomic mass is 35.5. The molecule has 0 fully saturated rings. The van der Waals surface area contributed by atoms with Crippen LogP contribution in [0.2, 0.25) is 5.02 Å². The second-order valence-corrected chi connectivity index (χ2v) is 6.11. The van der Waals surface area contributed by atoms with Crippen molar-refractivity contribution in [1.82, 2.24) is 15.2 Å². The van der Waals surface area contributed by atoms with Gasteiger partial charge in [0.1, 0.15) is 0 Å². The van der Waals surface area contributed by atoms with Crippen LogP contribution < -0.4 is 16.6 Å². The summed E-state index contributed by atoms with van der Waals surface area (Å²) in [5, 5.41) is 6.26. The van der Waals surface area contributed by atoms with Crippen molar-refractivity contribution in [3.8, 4) is 0 Å². The van der Waals surface area contributed by atoms with E-state index in [4.69, 9.17) is 17.4 Å². The molecule has 11 heteroatoms. The highest BCUT2D eigenvalue weighted by Crippen LogP contribution is 2.29. The Morgan fingerprint density at radius 2 is 1.96 bits per heavy atom. The van der Waals surface area contributed by atoms with Crippen LogP contribution in [0.5, 0.6) is 0 Å². The lowest BCUT2D eigenvalue weighted by molar-refractivity contribution is -0.141. The predicted molar refractivity (Wildman–Crippen MR) is 93.1 cm³/mol. The maximum Gasteiger partial charge on any atom is 0.435 e. The molecule has 0 radical (unpaired) electrons. The third-order valence-corrected chi connectivity index (χ3v) is 3.95. The first-order valence-electron chi connectivity index (χ1n) is 7.81.